The van der Waals surface area contributed by atoms with E-state index in [0.29, 0.717) is 28.1 Å². The minimum Gasteiger partial charge on any atom is -0.497 e. The average Bonchev–Trinajstić information content (AvgIpc) is 3.01. The van der Waals surface area contributed by atoms with Crippen molar-refractivity contribution in [2.24, 2.45) is 0 Å². The van der Waals surface area contributed by atoms with Crippen LogP contribution in [0.25, 0.3) is 10.9 Å². The summed E-state index contributed by atoms with van der Waals surface area (Å²) < 4.78 is 25.4. The Morgan fingerprint density at radius 3 is 2.50 bits per heavy atom. The number of halogens is 1. The molecule has 0 spiro atoms. The van der Waals surface area contributed by atoms with Crippen molar-refractivity contribution in [3.63, 3.8) is 0 Å². The molecular weight excluding hydrogens is 339 g/mol. The quantitative estimate of drug-likeness (QED) is 0.774. The maximum absolute atomic E-state index is 13.7. The number of amides is 1. The highest BCUT2D eigenvalue weighted by molar-refractivity contribution is 6.14. The van der Waals surface area contributed by atoms with Crippen molar-refractivity contribution in [1.29, 1.82) is 0 Å². The number of rotatable bonds is 4. The molecule has 134 valence electrons. The number of nitrogens with zero attached hydrogens (tertiary/aromatic N) is 1. The minimum absolute atomic E-state index is 0.188. The fourth-order valence-corrected chi connectivity index (χ4v) is 2.74. The molecule has 0 radical (unpaired) electrons. The number of nitrogens with one attached hydrogen (secondary N) is 1. The van der Waals surface area contributed by atoms with Gasteiger partial charge in [0.05, 0.1) is 31.0 Å². The van der Waals surface area contributed by atoms with Crippen molar-refractivity contribution in [2.75, 3.05) is 19.5 Å². The summed E-state index contributed by atoms with van der Waals surface area (Å²) in [6.07, 6.45) is 1.40. The Balaban J connectivity index is 2.03. The van der Waals surface area contributed by atoms with Crippen LogP contribution in [0.15, 0.2) is 42.6 Å². The van der Waals surface area contributed by atoms with Crippen LogP contribution in [-0.4, -0.2) is 30.6 Å². The molecule has 0 bridgehead atoms. The van der Waals surface area contributed by atoms with Gasteiger partial charge in [-0.05, 0) is 30.3 Å². The first kappa shape index (κ1) is 17.5. The molecule has 0 fully saturated rings. The molecule has 6 nitrogen and oxygen atoms in total. The Morgan fingerprint density at radius 1 is 1.08 bits per heavy atom. The highest BCUT2D eigenvalue weighted by Gasteiger charge is 2.19. The lowest BCUT2D eigenvalue weighted by Crippen LogP contribution is -2.12. The third kappa shape index (κ3) is 3.11. The molecule has 3 aromatic rings. The zero-order valence-electron chi connectivity index (χ0n) is 14.5. The molecule has 26 heavy (non-hydrogen) atoms. The standard InChI is InChI=1S/C19H17FN2O4/c1-11(23)22-10-15(14-8-12(20)4-7-17(14)22)19(24)21-16-6-5-13(25-2)9-18(16)26-3/h4-10H,1-3H3,(H,21,24). The summed E-state index contributed by atoms with van der Waals surface area (Å²) in [7, 11) is 3.00. The lowest BCUT2D eigenvalue weighted by molar-refractivity contribution is 0.0941. The zero-order chi connectivity index (χ0) is 18.8. The maximum atomic E-state index is 13.7. The van der Waals surface area contributed by atoms with Crippen molar-refractivity contribution in [3.8, 4) is 11.5 Å². The van der Waals surface area contributed by atoms with E-state index < -0.39 is 11.7 Å². The van der Waals surface area contributed by atoms with Gasteiger partial charge in [0, 0.05) is 24.6 Å². The van der Waals surface area contributed by atoms with Gasteiger partial charge in [0.1, 0.15) is 17.3 Å². The SMILES string of the molecule is COc1ccc(NC(=O)c2cn(C(C)=O)c3ccc(F)cc23)c(OC)c1. The molecule has 0 atom stereocenters. The average molecular weight is 356 g/mol. The summed E-state index contributed by atoms with van der Waals surface area (Å²) in [5.74, 6) is -0.254. The van der Waals surface area contributed by atoms with Crippen LogP contribution < -0.4 is 14.8 Å². The number of aromatic nitrogens is 1. The minimum atomic E-state index is -0.491. The van der Waals surface area contributed by atoms with Gasteiger partial charge in [0.25, 0.3) is 5.91 Å². The van der Waals surface area contributed by atoms with Crippen molar-refractivity contribution < 1.29 is 23.5 Å². The molecule has 7 heteroatoms. The van der Waals surface area contributed by atoms with Crippen molar-refractivity contribution in [3.05, 3.63) is 54.0 Å². The first-order valence-electron chi connectivity index (χ1n) is 7.79. The smallest absolute Gasteiger partial charge is 0.257 e. The molecule has 1 amide bonds. The largest absolute Gasteiger partial charge is 0.497 e. The second-order valence-corrected chi connectivity index (χ2v) is 5.61. The Bertz CT molecular complexity index is 1010. The molecule has 2 aromatic carbocycles. The summed E-state index contributed by atoms with van der Waals surface area (Å²) in [6.45, 7) is 1.37. The lowest BCUT2D eigenvalue weighted by atomic mass is 10.1. The van der Waals surface area contributed by atoms with Crippen LogP contribution in [0.4, 0.5) is 10.1 Å². The van der Waals surface area contributed by atoms with Crippen LogP contribution in [0.2, 0.25) is 0 Å². The van der Waals surface area contributed by atoms with Crippen LogP contribution in [0.1, 0.15) is 22.1 Å². The van der Waals surface area contributed by atoms with Gasteiger partial charge >= 0.3 is 0 Å². The molecule has 3 rings (SSSR count). The molecule has 1 aromatic heterocycles. The second kappa shape index (κ2) is 6.87. The number of benzene rings is 2. The van der Waals surface area contributed by atoms with Crippen LogP contribution >= 0.6 is 0 Å². The first-order valence-corrected chi connectivity index (χ1v) is 7.79. The highest BCUT2D eigenvalue weighted by Crippen LogP contribution is 2.30. The van der Waals surface area contributed by atoms with Gasteiger partial charge in [-0.15, -0.1) is 0 Å². The molecule has 1 N–H and O–H groups in total. The molecular formula is C19H17FN2O4. The Labute approximate surface area is 149 Å². The van der Waals surface area contributed by atoms with Gasteiger partial charge in [-0.25, -0.2) is 4.39 Å². The van der Waals surface area contributed by atoms with E-state index in [2.05, 4.69) is 5.32 Å². The highest BCUT2D eigenvalue weighted by atomic mass is 19.1. The zero-order valence-corrected chi connectivity index (χ0v) is 14.5. The number of ether oxygens (including phenoxy) is 2. The van der Waals surface area contributed by atoms with Gasteiger partial charge in [0.15, 0.2) is 0 Å². The fraction of sp³-hybridized carbons (Fsp3) is 0.158. The Morgan fingerprint density at radius 2 is 1.85 bits per heavy atom. The molecule has 0 saturated carbocycles. The predicted molar refractivity (Wildman–Crippen MR) is 95.7 cm³/mol. The number of carbonyl (C=O) groups is 2. The third-order valence-electron chi connectivity index (χ3n) is 4.01. The summed E-state index contributed by atoms with van der Waals surface area (Å²) in [5, 5.41) is 3.08. The molecule has 0 unspecified atom stereocenters. The van der Waals surface area contributed by atoms with Crippen LogP contribution in [-0.2, 0) is 0 Å². The molecule has 0 aliphatic carbocycles. The number of anilines is 1. The molecule has 0 aliphatic heterocycles. The summed E-state index contributed by atoms with van der Waals surface area (Å²) in [5.41, 5.74) is 1.08. The van der Waals surface area contributed by atoms with Gasteiger partial charge < -0.3 is 14.8 Å². The van der Waals surface area contributed by atoms with Crippen LogP contribution in [0, 0.1) is 5.82 Å². The Kier molecular flexibility index (Phi) is 4.62. The number of fused-ring (bicyclic) bond motifs is 1. The molecule has 0 saturated heterocycles. The van der Waals surface area contributed by atoms with E-state index in [1.165, 1.54) is 50.1 Å². The predicted octanol–water partition coefficient (Wildman–Crippen LogP) is 3.71. The number of hydrogen-bond donors (Lipinski definition) is 1. The first-order chi connectivity index (χ1) is 12.4. The number of hydrogen-bond acceptors (Lipinski definition) is 4. The topological polar surface area (TPSA) is 69.6 Å². The van der Waals surface area contributed by atoms with E-state index in [1.54, 1.807) is 18.2 Å². The van der Waals surface area contributed by atoms with E-state index in [-0.39, 0.29) is 11.5 Å². The van der Waals surface area contributed by atoms with Gasteiger partial charge in [-0.3, -0.25) is 14.2 Å². The molecule has 0 aliphatic rings. The third-order valence-corrected chi connectivity index (χ3v) is 4.01. The summed E-state index contributed by atoms with van der Waals surface area (Å²) in [6, 6.07) is 8.90. The maximum Gasteiger partial charge on any atom is 0.257 e. The second-order valence-electron chi connectivity index (χ2n) is 5.61. The number of carbonyl (C=O) groups excluding carboxylic acids is 2. The van der Waals surface area contributed by atoms with Crippen LogP contribution in [0.5, 0.6) is 11.5 Å². The lowest BCUT2D eigenvalue weighted by Gasteiger charge is -2.11. The van der Waals surface area contributed by atoms with E-state index in [0.717, 1.165) is 0 Å². The molecule has 1 heterocycles. The summed E-state index contributed by atoms with van der Waals surface area (Å²) >= 11 is 0. The number of methoxy groups -OCH3 is 2. The Hall–Kier alpha value is -3.35. The van der Waals surface area contributed by atoms with E-state index in [4.69, 9.17) is 9.47 Å². The fourth-order valence-electron chi connectivity index (χ4n) is 2.74. The van der Waals surface area contributed by atoms with E-state index in [1.807, 2.05) is 0 Å². The monoisotopic (exact) mass is 356 g/mol. The van der Waals surface area contributed by atoms with Crippen molar-refractivity contribution in [2.45, 2.75) is 6.92 Å². The van der Waals surface area contributed by atoms with Crippen molar-refractivity contribution in [1.82, 2.24) is 4.57 Å². The van der Waals surface area contributed by atoms with Gasteiger partial charge in [-0.2, -0.15) is 0 Å². The van der Waals surface area contributed by atoms with E-state index in [9.17, 15) is 14.0 Å². The van der Waals surface area contributed by atoms with E-state index >= 15 is 0 Å². The van der Waals surface area contributed by atoms with Crippen molar-refractivity contribution >= 4 is 28.4 Å². The normalized spacial score (nSPS) is 10.6. The van der Waals surface area contributed by atoms with Gasteiger partial charge in [0.2, 0.25) is 5.91 Å². The summed E-state index contributed by atoms with van der Waals surface area (Å²) in [4.78, 5) is 24.6. The van der Waals surface area contributed by atoms with Crippen LogP contribution in [0.3, 0.4) is 0 Å². The van der Waals surface area contributed by atoms with Gasteiger partial charge in [-0.1, -0.05) is 0 Å².